The average molecular weight is 499 g/mol. The van der Waals surface area contributed by atoms with Crippen LogP contribution in [0.4, 0.5) is 11.4 Å². The van der Waals surface area contributed by atoms with Crippen LogP contribution in [-0.2, 0) is 9.59 Å². The van der Waals surface area contributed by atoms with E-state index >= 15 is 0 Å². The molecule has 5 heteroatoms. The first-order valence-electron chi connectivity index (χ1n) is 13.0. The molecule has 1 heterocycles. The van der Waals surface area contributed by atoms with Gasteiger partial charge in [0, 0.05) is 17.5 Å². The van der Waals surface area contributed by atoms with Crippen molar-refractivity contribution in [2.45, 2.75) is 25.7 Å². The number of rotatable bonds is 3. The van der Waals surface area contributed by atoms with Crippen LogP contribution in [0.2, 0.25) is 0 Å². The minimum absolute atomic E-state index is 0.185. The Morgan fingerprint density at radius 2 is 1.16 bits per heavy atom. The molecule has 0 unspecified atom stereocenters. The lowest BCUT2D eigenvalue weighted by molar-refractivity contribution is -0.122. The van der Waals surface area contributed by atoms with E-state index in [-0.39, 0.29) is 29.6 Å². The van der Waals surface area contributed by atoms with Gasteiger partial charge in [0.1, 0.15) is 0 Å². The van der Waals surface area contributed by atoms with Crippen molar-refractivity contribution < 1.29 is 14.4 Å². The van der Waals surface area contributed by atoms with E-state index in [0.717, 1.165) is 33.4 Å². The van der Waals surface area contributed by atoms with E-state index in [2.05, 4.69) is 29.6 Å². The van der Waals surface area contributed by atoms with Crippen molar-refractivity contribution in [3.05, 3.63) is 130 Å². The van der Waals surface area contributed by atoms with Crippen molar-refractivity contribution in [2.24, 2.45) is 11.8 Å². The van der Waals surface area contributed by atoms with Gasteiger partial charge in [-0.15, -0.1) is 0 Å². The number of para-hydroxylation sites is 1. The van der Waals surface area contributed by atoms with Gasteiger partial charge in [-0.1, -0.05) is 66.7 Å². The molecule has 1 fully saturated rings. The third kappa shape index (κ3) is 3.08. The van der Waals surface area contributed by atoms with Crippen molar-refractivity contribution in [3.63, 3.8) is 0 Å². The van der Waals surface area contributed by atoms with Gasteiger partial charge in [-0.2, -0.15) is 0 Å². The van der Waals surface area contributed by atoms with E-state index < -0.39 is 11.8 Å². The van der Waals surface area contributed by atoms with E-state index in [1.807, 2.05) is 56.3 Å². The van der Waals surface area contributed by atoms with Gasteiger partial charge in [-0.3, -0.25) is 14.4 Å². The Labute approximate surface area is 221 Å². The number of nitrogens with zero attached hydrogens (tertiary/aromatic N) is 1. The van der Waals surface area contributed by atoms with Crippen LogP contribution in [0.3, 0.4) is 0 Å². The van der Waals surface area contributed by atoms with Gasteiger partial charge in [0.15, 0.2) is 0 Å². The lowest BCUT2D eigenvalue weighted by Gasteiger charge is -2.45. The van der Waals surface area contributed by atoms with Crippen molar-refractivity contribution in [1.29, 1.82) is 0 Å². The van der Waals surface area contributed by atoms with E-state index in [1.165, 1.54) is 4.90 Å². The Bertz CT molecular complexity index is 1560. The first-order chi connectivity index (χ1) is 18.5. The summed E-state index contributed by atoms with van der Waals surface area (Å²) in [5, 5.41) is 2.95. The Morgan fingerprint density at radius 1 is 0.658 bits per heavy atom. The number of aryl methyl sites for hydroxylation is 2. The monoisotopic (exact) mass is 498 g/mol. The van der Waals surface area contributed by atoms with Crippen molar-refractivity contribution >= 4 is 29.1 Å². The molecule has 8 rings (SSSR count). The molecular weight excluding hydrogens is 472 g/mol. The SMILES string of the molecule is Cc1ccc(NC(=O)c2ccccc2N2C(=O)[C@@H]3C4c5ccccc5C(c5ccccc54)[C@@H]3C2=O)cc1C. The molecule has 4 aromatic rings. The molecule has 2 bridgehead atoms. The van der Waals surface area contributed by atoms with E-state index in [0.29, 0.717) is 16.9 Å². The summed E-state index contributed by atoms with van der Waals surface area (Å²) in [6, 6.07) is 29.0. The molecular formula is C33H26N2O3. The molecule has 0 saturated carbocycles. The second-order valence-corrected chi connectivity index (χ2v) is 10.5. The normalized spacial score (nSPS) is 22.6. The summed E-state index contributed by atoms with van der Waals surface area (Å²) in [5.74, 6) is -2.17. The zero-order valence-electron chi connectivity index (χ0n) is 21.1. The fraction of sp³-hybridized carbons (Fsp3) is 0.182. The van der Waals surface area contributed by atoms with Crippen LogP contribution in [0.25, 0.3) is 0 Å². The molecule has 3 aliphatic carbocycles. The number of hydrogen-bond donors (Lipinski definition) is 1. The maximum Gasteiger partial charge on any atom is 0.257 e. The van der Waals surface area contributed by atoms with Gasteiger partial charge < -0.3 is 5.32 Å². The third-order valence-corrected chi connectivity index (χ3v) is 8.60. The zero-order valence-corrected chi connectivity index (χ0v) is 21.1. The Balaban J connectivity index is 1.30. The highest BCUT2D eigenvalue weighted by Gasteiger charge is 2.62. The molecule has 2 atom stereocenters. The van der Waals surface area contributed by atoms with Gasteiger partial charge in [-0.25, -0.2) is 4.90 Å². The summed E-state index contributed by atoms with van der Waals surface area (Å²) in [6.45, 7) is 4.01. The summed E-state index contributed by atoms with van der Waals surface area (Å²) in [6.07, 6.45) is 0. The van der Waals surface area contributed by atoms with E-state index in [4.69, 9.17) is 0 Å². The summed E-state index contributed by atoms with van der Waals surface area (Å²) in [5.41, 5.74) is 8.02. The number of imide groups is 1. The zero-order chi connectivity index (χ0) is 26.1. The predicted octanol–water partition coefficient (Wildman–Crippen LogP) is 5.95. The molecule has 5 nitrogen and oxygen atoms in total. The fourth-order valence-electron chi connectivity index (χ4n) is 6.79. The lowest BCUT2D eigenvalue weighted by Crippen LogP contribution is -2.41. The molecule has 0 radical (unpaired) electrons. The highest BCUT2D eigenvalue weighted by atomic mass is 16.2. The molecule has 1 saturated heterocycles. The van der Waals surface area contributed by atoms with Gasteiger partial charge in [0.05, 0.1) is 23.1 Å². The van der Waals surface area contributed by atoms with Crippen molar-refractivity contribution in [2.75, 3.05) is 10.2 Å². The molecule has 0 aromatic heterocycles. The van der Waals surface area contributed by atoms with Crippen LogP contribution < -0.4 is 10.2 Å². The predicted molar refractivity (Wildman–Crippen MR) is 146 cm³/mol. The first kappa shape index (κ1) is 22.7. The molecule has 1 aliphatic heterocycles. The highest BCUT2D eigenvalue weighted by Crippen LogP contribution is 2.61. The van der Waals surface area contributed by atoms with E-state index in [9.17, 15) is 14.4 Å². The minimum atomic E-state index is -0.492. The second kappa shape index (κ2) is 8.25. The van der Waals surface area contributed by atoms with E-state index in [1.54, 1.807) is 24.3 Å². The quantitative estimate of drug-likeness (QED) is 0.355. The smallest absolute Gasteiger partial charge is 0.257 e. The molecule has 4 aromatic carbocycles. The van der Waals surface area contributed by atoms with Crippen LogP contribution in [0.5, 0.6) is 0 Å². The van der Waals surface area contributed by atoms with Gasteiger partial charge in [0.2, 0.25) is 11.8 Å². The minimum Gasteiger partial charge on any atom is -0.322 e. The van der Waals surface area contributed by atoms with Crippen LogP contribution in [-0.4, -0.2) is 17.7 Å². The van der Waals surface area contributed by atoms with Gasteiger partial charge >= 0.3 is 0 Å². The summed E-state index contributed by atoms with van der Waals surface area (Å²) < 4.78 is 0. The Hall–Kier alpha value is -4.51. The summed E-state index contributed by atoms with van der Waals surface area (Å²) in [7, 11) is 0. The number of carbonyl (C=O) groups is 3. The molecule has 38 heavy (non-hydrogen) atoms. The summed E-state index contributed by atoms with van der Waals surface area (Å²) >= 11 is 0. The molecule has 4 aliphatic rings. The average Bonchev–Trinajstić information content (AvgIpc) is 3.21. The standard InChI is InChI=1S/C33H26N2O3/c1-18-15-16-20(17-19(18)2)34-31(36)25-13-7-8-14-26(25)35-32(37)29-27-21-9-3-4-10-22(21)28(30(29)33(35)38)24-12-6-5-11-23(24)27/h3-17,27-30H,1-2H3,(H,34,36)/t27?,28?,29-,30+. The Morgan fingerprint density at radius 3 is 1.68 bits per heavy atom. The number of amides is 3. The number of carbonyl (C=O) groups excluding carboxylic acids is 3. The van der Waals surface area contributed by atoms with Crippen molar-refractivity contribution in [1.82, 2.24) is 0 Å². The molecule has 3 amide bonds. The highest BCUT2D eigenvalue weighted by molar-refractivity contribution is 6.26. The Kier molecular flexibility index (Phi) is 4.92. The first-order valence-corrected chi connectivity index (χ1v) is 13.0. The number of nitrogens with one attached hydrogen (secondary N) is 1. The van der Waals surface area contributed by atoms with Crippen LogP contribution in [0, 0.1) is 25.7 Å². The molecule has 0 spiro atoms. The summed E-state index contributed by atoms with van der Waals surface area (Å²) in [4.78, 5) is 43.0. The fourth-order valence-corrected chi connectivity index (χ4v) is 6.79. The van der Waals surface area contributed by atoms with Crippen LogP contribution >= 0.6 is 0 Å². The van der Waals surface area contributed by atoms with Gasteiger partial charge in [0.25, 0.3) is 5.91 Å². The second-order valence-electron chi connectivity index (χ2n) is 10.5. The largest absolute Gasteiger partial charge is 0.322 e. The lowest BCUT2D eigenvalue weighted by atomic mass is 9.55. The van der Waals surface area contributed by atoms with Crippen LogP contribution in [0.1, 0.15) is 55.6 Å². The number of hydrogen-bond acceptors (Lipinski definition) is 3. The maximum atomic E-state index is 14.1. The number of benzene rings is 4. The van der Waals surface area contributed by atoms with Gasteiger partial charge in [-0.05, 0) is 71.5 Å². The van der Waals surface area contributed by atoms with Crippen LogP contribution in [0.15, 0.2) is 91.0 Å². The number of anilines is 2. The third-order valence-electron chi connectivity index (χ3n) is 8.60. The molecule has 1 N–H and O–H groups in total. The maximum absolute atomic E-state index is 14.1. The van der Waals surface area contributed by atoms with Crippen molar-refractivity contribution in [3.8, 4) is 0 Å². The molecule has 186 valence electrons. The topological polar surface area (TPSA) is 66.5 Å².